The number of hydrogen-bond acceptors (Lipinski definition) is 4. The zero-order chi connectivity index (χ0) is 15.9. The number of ketones is 1. The maximum absolute atomic E-state index is 11.4. The summed E-state index contributed by atoms with van der Waals surface area (Å²) in [6, 6.07) is 0. The molecule has 0 aromatic heterocycles. The molecular formula is C17H31NaO4. The van der Waals surface area contributed by atoms with Gasteiger partial charge in [-0.2, -0.15) is 0 Å². The van der Waals surface area contributed by atoms with Crippen molar-refractivity contribution in [3.63, 3.8) is 0 Å². The summed E-state index contributed by atoms with van der Waals surface area (Å²) in [7, 11) is 0. The van der Waals surface area contributed by atoms with Crippen molar-refractivity contribution in [2.24, 2.45) is 0 Å². The SMILES string of the molecule is CCCCCCCCCCCC(=O)OC(=O)CCC(C)=O.[NaH]. The van der Waals surface area contributed by atoms with Gasteiger partial charge in [-0.05, 0) is 13.3 Å². The standard InChI is InChI=1S/C17H30O4.Na.H/c1-3-4-5-6-7-8-9-10-11-12-16(19)21-17(20)14-13-15(2)18;;/h3-14H2,1-2H3;;. The number of Topliss-reactive ketones (excluding diaryl/α,β-unsaturated/α-hetero) is 1. The summed E-state index contributed by atoms with van der Waals surface area (Å²) in [5.41, 5.74) is 0. The summed E-state index contributed by atoms with van der Waals surface area (Å²) in [6.45, 7) is 3.63. The van der Waals surface area contributed by atoms with E-state index in [0.717, 1.165) is 19.3 Å². The monoisotopic (exact) mass is 322 g/mol. The molecule has 0 saturated heterocycles. The molecule has 124 valence electrons. The molecule has 0 aromatic rings. The first-order valence-electron chi connectivity index (χ1n) is 8.29. The van der Waals surface area contributed by atoms with Crippen LogP contribution in [-0.2, 0) is 19.1 Å². The van der Waals surface area contributed by atoms with Crippen LogP contribution >= 0.6 is 0 Å². The normalized spacial score (nSPS) is 9.91. The van der Waals surface area contributed by atoms with Gasteiger partial charge in [0.25, 0.3) is 0 Å². The molecule has 0 aliphatic carbocycles. The molecule has 0 spiro atoms. The molecule has 0 bridgehead atoms. The second-order valence-electron chi connectivity index (χ2n) is 5.63. The summed E-state index contributed by atoms with van der Waals surface area (Å²) < 4.78 is 4.64. The fourth-order valence-electron chi connectivity index (χ4n) is 2.09. The van der Waals surface area contributed by atoms with Gasteiger partial charge in [0.1, 0.15) is 5.78 Å². The molecule has 5 heteroatoms. The first-order chi connectivity index (χ1) is 10.1. The van der Waals surface area contributed by atoms with E-state index in [9.17, 15) is 14.4 Å². The third-order valence-electron chi connectivity index (χ3n) is 3.39. The van der Waals surface area contributed by atoms with E-state index in [1.54, 1.807) is 0 Å². The van der Waals surface area contributed by atoms with Crippen molar-refractivity contribution in [2.45, 2.75) is 90.9 Å². The van der Waals surface area contributed by atoms with Crippen molar-refractivity contribution in [3.8, 4) is 0 Å². The fourth-order valence-corrected chi connectivity index (χ4v) is 2.09. The summed E-state index contributed by atoms with van der Waals surface area (Å²) in [4.78, 5) is 33.3. The topological polar surface area (TPSA) is 60.4 Å². The van der Waals surface area contributed by atoms with Crippen LogP contribution in [0, 0.1) is 0 Å². The van der Waals surface area contributed by atoms with Crippen molar-refractivity contribution >= 4 is 47.3 Å². The molecule has 4 nitrogen and oxygen atoms in total. The number of unbranched alkanes of at least 4 members (excludes halogenated alkanes) is 8. The minimum atomic E-state index is -0.592. The van der Waals surface area contributed by atoms with Crippen LogP contribution in [0.3, 0.4) is 0 Å². The van der Waals surface area contributed by atoms with Crippen LogP contribution in [0.5, 0.6) is 0 Å². The van der Waals surface area contributed by atoms with Gasteiger partial charge in [-0.25, -0.2) is 0 Å². The second-order valence-corrected chi connectivity index (χ2v) is 5.63. The first-order valence-corrected chi connectivity index (χ1v) is 8.29. The summed E-state index contributed by atoms with van der Waals surface area (Å²) in [6.07, 6.45) is 11.1. The molecule has 0 N–H and O–H groups in total. The molecule has 0 aliphatic rings. The molecule has 0 fully saturated rings. The number of esters is 2. The van der Waals surface area contributed by atoms with Crippen LogP contribution in [0.1, 0.15) is 90.9 Å². The Morgan fingerprint density at radius 1 is 0.682 bits per heavy atom. The Bertz CT molecular complexity index is 316. The quantitative estimate of drug-likeness (QED) is 0.224. The Morgan fingerprint density at radius 3 is 1.64 bits per heavy atom. The van der Waals surface area contributed by atoms with E-state index in [4.69, 9.17) is 0 Å². The van der Waals surface area contributed by atoms with Crippen molar-refractivity contribution < 1.29 is 19.1 Å². The molecule has 0 aromatic carbocycles. The van der Waals surface area contributed by atoms with Gasteiger partial charge in [-0.3, -0.25) is 9.59 Å². The van der Waals surface area contributed by atoms with Crippen LogP contribution in [0.4, 0.5) is 0 Å². The molecule has 0 heterocycles. The van der Waals surface area contributed by atoms with Crippen LogP contribution in [0.15, 0.2) is 0 Å². The van der Waals surface area contributed by atoms with Gasteiger partial charge in [0, 0.05) is 12.8 Å². The van der Waals surface area contributed by atoms with Gasteiger partial charge in [0.2, 0.25) is 0 Å². The van der Waals surface area contributed by atoms with E-state index >= 15 is 0 Å². The van der Waals surface area contributed by atoms with Gasteiger partial charge in [-0.15, -0.1) is 0 Å². The Kier molecular flexibility index (Phi) is 18.8. The molecule has 0 amide bonds. The van der Waals surface area contributed by atoms with E-state index in [1.807, 2.05) is 0 Å². The molecule has 0 aliphatic heterocycles. The van der Waals surface area contributed by atoms with Crippen molar-refractivity contribution in [1.82, 2.24) is 0 Å². The number of hydrogen-bond donors (Lipinski definition) is 0. The molecule has 0 saturated carbocycles. The number of ether oxygens (including phenoxy) is 1. The third-order valence-corrected chi connectivity index (χ3v) is 3.39. The van der Waals surface area contributed by atoms with E-state index in [1.165, 1.54) is 45.4 Å². The summed E-state index contributed by atoms with van der Waals surface area (Å²) in [5.74, 6) is -1.13. The van der Waals surface area contributed by atoms with E-state index < -0.39 is 11.9 Å². The number of carbonyl (C=O) groups excluding carboxylic acids is 3. The third kappa shape index (κ3) is 17.9. The fraction of sp³-hybridized carbons (Fsp3) is 0.824. The predicted molar refractivity (Wildman–Crippen MR) is 90.0 cm³/mol. The summed E-state index contributed by atoms with van der Waals surface area (Å²) in [5, 5.41) is 0. The van der Waals surface area contributed by atoms with Crippen molar-refractivity contribution in [3.05, 3.63) is 0 Å². The zero-order valence-corrected chi connectivity index (χ0v) is 13.6. The Labute approximate surface area is 157 Å². The van der Waals surface area contributed by atoms with Crippen molar-refractivity contribution in [2.75, 3.05) is 0 Å². The summed E-state index contributed by atoms with van der Waals surface area (Å²) >= 11 is 0. The molecule has 0 unspecified atom stereocenters. The van der Waals surface area contributed by atoms with Gasteiger partial charge in [0.15, 0.2) is 0 Å². The van der Waals surface area contributed by atoms with Gasteiger partial charge < -0.3 is 9.53 Å². The molecular weight excluding hydrogens is 291 g/mol. The minimum absolute atomic E-state index is 0. The molecule has 0 radical (unpaired) electrons. The van der Waals surface area contributed by atoms with Crippen LogP contribution in [0.2, 0.25) is 0 Å². The van der Waals surface area contributed by atoms with Gasteiger partial charge >= 0.3 is 41.5 Å². The van der Waals surface area contributed by atoms with Crippen LogP contribution < -0.4 is 0 Å². The number of rotatable bonds is 13. The van der Waals surface area contributed by atoms with Crippen molar-refractivity contribution in [1.29, 1.82) is 0 Å². The number of carbonyl (C=O) groups is 3. The van der Waals surface area contributed by atoms with E-state index in [0.29, 0.717) is 6.42 Å². The van der Waals surface area contributed by atoms with E-state index in [2.05, 4.69) is 11.7 Å². The average molecular weight is 322 g/mol. The zero-order valence-electron chi connectivity index (χ0n) is 13.6. The maximum atomic E-state index is 11.4. The van der Waals surface area contributed by atoms with Crippen LogP contribution in [-0.4, -0.2) is 47.3 Å². The average Bonchev–Trinajstić information content (AvgIpc) is 2.43. The first kappa shape index (κ1) is 24.1. The van der Waals surface area contributed by atoms with Gasteiger partial charge in [-0.1, -0.05) is 58.3 Å². The molecule has 0 rings (SSSR count). The molecule has 22 heavy (non-hydrogen) atoms. The van der Waals surface area contributed by atoms with Gasteiger partial charge in [0.05, 0.1) is 6.42 Å². The Balaban J connectivity index is 0. The predicted octanol–water partition coefficient (Wildman–Crippen LogP) is 3.70. The van der Waals surface area contributed by atoms with E-state index in [-0.39, 0.29) is 48.2 Å². The Morgan fingerprint density at radius 2 is 1.14 bits per heavy atom. The second kappa shape index (κ2) is 17.2. The molecule has 0 atom stereocenters. The van der Waals surface area contributed by atoms with Crippen LogP contribution in [0.25, 0.3) is 0 Å². The Hall–Kier alpha value is -0.190.